The summed E-state index contributed by atoms with van der Waals surface area (Å²) in [5.74, 6) is 0.299. The van der Waals surface area contributed by atoms with E-state index < -0.39 is 0 Å². The van der Waals surface area contributed by atoms with Crippen LogP contribution in [0.25, 0.3) is 10.9 Å². The molecule has 1 N–H and O–H groups in total. The molecule has 9 heteroatoms. The number of nitrogens with zero attached hydrogens (tertiary/aromatic N) is 4. The molecule has 146 valence electrons. The second-order valence-electron chi connectivity index (χ2n) is 6.20. The second kappa shape index (κ2) is 8.61. The average molecular weight is 407 g/mol. The van der Waals surface area contributed by atoms with Crippen LogP contribution in [0.2, 0.25) is 0 Å². The summed E-state index contributed by atoms with van der Waals surface area (Å²) < 4.78 is 6.97. The van der Waals surface area contributed by atoms with Gasteiger partial charge in [-0.05, 0) is 24.3 Å². The Morgan fingerprint density at radius 2 is 1.97 bits per heavy atom. The van der Waals surface area contributed by atoms with E-state index in [0.29, 0.717) is 28.9 Å². The Kier molecular flexibility index (Phi) is 5.57. The molecule has 2 aromatic heterocycles. The lowest BCUT2D eigenvalue weighted by atomic mass is 10.2. The van der Waals surface area contributed by atoms with Gasteiger partial charge in [0.25, 0.3) is 5.56 Å². The van der Waals surface area contributed by atoms with Gasteiger partial charge in [-0.2, -0.15) is 0 Å². The molecule has 2 aromatic carbocycles. The molecule has 4 rings (SSSR count). The molecule has 0 aliphatic heterocycles. The van der Waals surface area contributed by atoms with Crippen LogP contribution in [0.15, 0.2) is 64.2 Å². The minimum atomic E-state index is -0.268. The van der Waals surface area contributed by atoms with E-state index in [1.165, 1.54) is 16.0 Å². The number of hydrogen-bond donors (Lipinski definition) is 1. The summed E-state index contributed by atoms with van der Waals surface area (Å²) in [6.07, 6.45) is 0.0767. The topological polar surface area (TPSA) is 99.0 Å². The Balaban J connectivity index is 1.40. The van der Waals surface area contributed by atoms with E-state index in [0.717, 1.165) is 5.69 Å². The number of hydrogen-bond acceptors (Lipinski definition) is 7. The van der Waals surface area contributed by atoms with Crippen LogP contribution in [-0.2, 0) is 17.9 Å². The van der Waals surface area contributed by atoms with Crippen molar-refractivity contribution in [2.24, 2.45) is 0 Å². The minimum absolute atomic E-state index is 0.0767. The lowest BCUT2D eigenvalue weighted by molar-refractivity contribution is -0.116. The molecule has 0 saturated carbocycles. The smallest absolute Gasteiger partial charge is 0.277 e. The minimum Gasteiger partial charge on any atom is -0.485 e. The van der Waals surface area contributed by atoms with Crippen LogP contribution in [0.5, 0.6) is 5.75 Å². The van der Waals surface area contributed by atoms with E-state index in [2.05, 4.69) is 20.6 Å². The lowest BCUT2D eigenvalue weighted by Gasteiger charge is -2.12. The highest BCUT2D eigenvalue weighted by molar-refractivity contribution is 7.07. The first kappa shape index (κ1) is 18.8. The molecule has 0 spiro atoms. The van der Waals surface area contributed by atoms with E-state index in [1.807, 2.05) is 17.5 Å². The van der Waals surface area contributed by atoms with Crippen molar-refractivity contribution in [3.8, 4) is 5.75 Å². The van der Waals surface area contributed by atoms with E-state index >= 15 is 0 Å². The molecule has 0 saturated heterocycles. The number of anilines is 1. The SMILES string of the molecule is O=C(CCn1nnc2ccccc2c1=O)Nc1ccccc1OCc1cscn1. The third-order valence-corrected chi connectivity index (χ3v) is 4.84. The Morgan fingerprint density at radius 3 is 2.83 bits per heavy atom. The highest BCUT2D eigenvalue weighted by atomic mass is 32.1. The van der Waals surface area contributed by atoms with Crippen molar-refractivity contribution in [1.29, 1.82) is 0 Å². The van der Waals surface area contributed by atoms with Crippen LogP contribution >= 0.6 is 11.3 Å². The number of amides is 1. The third kappa shape index (κ3) is 4.46. The van der Waals surface area contributed by atoms with Crippen molar-refractivity contribution in [1.82, 2.24) is 20.0 Å². The van der Waals surface area contributed by atoms with Crippen molar-refractivity contribution in [2.45, 2.75) is 19.6 Å². The predicted octanol–water partition coefficient (Wildman–Crippen LogP) is 2.86. The molecule has 0 aliphatic rings. The van der Waals surface area contributed by atoms with Crippen molar-refractivity contribution in [3.05, 3.63) is 75.5 Å². The van der Waals surface area contributed by atoms with Crippen LogP contribution in [0, 0.1) is 0 Å². The first-order valence-corrected chi connectivity index (χ1v) is 9.86. The molecule has 4 aromatic rings. The summed E-state index contributed by atoms with van der Waals surface area (Å²) >= 11 is 1.50. The summed E-state index contributed by atoms with van der Waals surface area (Å²) in [5.41, 5.74) is 3.39. The van der Waals surface area contributed by atoms with Gasteiger partial charge in [0.05, 0.1) is 28.8 Å². The van der Waals surface area contributed by atoms with Gasteiger partial charge in [-0.1, -0.05) is 29.5 Å². The van der Waals surface area contributed by atoms with Gasteiger partial charge in [0.1, 0.15) is 17.9 Å². The fourth-order valence-electron chi connectivity index (χ4n) is 2.75. The van der Waals surface area contributed by atoms with Gasteiger partial charge < -0.3 is 10.1 Å². The van der Waals surface area contributed by atoms with Gasteiger partial charge in [-0.15, -0.1) is 16.4 Å². The Bertz CT molecular complexity index is 1190. The lowest BCUT2D eigenvalue weighted by Crippen LogP contribution is -2.26. The summed E-state index contributed by atoms with van der Waals surface area (Å²) in [7, 11) is 0. The number of rotatable bonds is 7. The first-order chi connectivity index (χ1) is 14.2. The third-order valence-electron chi connectivity index (χ3n) is 4.20. The average Bonchev–Trinajstić information content (AvgIpc) is 3.26. The number of benzene rings is 2. The van der Waals surface area contributed by atoms with E-state index in [1.54, 1.807) is 41.9 Å². The van der Waals surface area contributed by atoms with Crippen LogP contribution in [0.3, 0.4) is 0 Å². The van der Waals surface area contributed by atoms with Crippen LogP contribution < -0.4 is 15.6 Å². The second-order valence-corrected chi connectivity index (χ2v) is 6.92. The zero-order valence-corrected chi connectivity index (χ0v) is 16.1. The number of aryl methyl sites for hydroxylation is 1. The molecular formula is C20H17N5O3S. The van der Waals surface area contributed by atoms with Gasteiger partial charge in [0.15, 0.2) is 0 Å². The maximum atomic E-state index is 12.5. The number of ether oxygens (including phenoxy) is 1. The molecule has 0 bridgehead atoms. The molecule has 0 fully saturated rings. The molecule has 8 nitrogen and oxygen atoms in total. The maximum absolute atomic E-state index is 12.5. The molecule has 2 heterocycles. The number of fused-ring (bicyclic) bond motifs is 1. The summed E-state index contributed by atoms with van der Waals surface area (Å²) in [6.45, 7) is 0.447. The van der Waals surface area contributed by atoms with E-state index in [4.69, 9.17) is 4.74 Å². The fourth-order valence-corrected chi connectivity index (χ4v) is 3.29. The van der Waals surface area contributed by atoms with Gasteiger partial charge >= 0.3 is 0 Å². The number of para-hydroxylation sites is 2. The number of nitrogens with one attached hydrogen (secondary N) is 1. The molecule has 0 atom stereocenters. The van der Waals surface area contributed by atoms with Gasteiger partial charge in [-0.3, -0.25) is 9.59 Å². The zero-order chi connectivity index (χ0) is 20.1. The monoisotopic (exact) mass is 407 g/mol. The molecule has 0 radical (unpaired) electrons. The highest BCUT2D eigenvalue weighted by Gasteiger charge is 2.11. The summed E-state index contributed by atoms with van der Waals surface area (Å²) in [5, 5.41) is 13.1. The number of carbonyl (C=O) groups is 1. The van der Waals surface area contributed by atoms with Gasteiger partial charge in [0, 0.05) is 11.8 Å². The molecule has 1 amide bonds. The Hall–Kier alpha value is -3.59. The molecule has 0 aliphatic carbocycles. The highest BCUT2D eigenvalue weighted by Crippen LogP contribution is 2.25. The normalized spacial score (nSPS) is 10.8. The van der Waals surface area contributed by atoms with Crippen molar-refractivity contribution in [3.63, 3.8) is 0 Å². The van der Waals surface area contributed by atoms with Crippen molar-refractivity contribution >= 4 is 33.8 Å². The van der Waals surface area contributed by atoms with Crippen LogP contribution in [0.4, 0.5) is 5.69 Å². The number of thiazole rings is 1. The Morgan fingerprint density at radius 1 is 1.14 bits per heavy atom. The summed E-state index contributed by atoms with van der Waals surface area (Å²) in [6, 6.07) is 14.2. The first-order valence-electron chi connectivity index (χ1n) is 8.92. The van der Waals surface area contributed by atoms with Crippen molar-refractivity contribution in [2.75, 3.05) is 5.32 Å². The predicted molar refractivity (Wildman–Crippen MR) is 110 cm³/mol. The number of aromatic nitrogens is 4. The molecule has 0 unspecified atom stereocenters. The maximum Gasteiger partial charge on any atom is 0.277 e. The quantitative estimate of drug-likeness (QED) is 0.506. The largest absolute Gasteiger partial charge is 0.485 e. The number of carbonyl (C=O) groups excluding carboxylic acids is 1. The van der Waals surface area contributed by atoms with Crippen LogP contribution in [-0.4, -0.2) is 25.9 Å². The summed E-state index contributed by atoms with van der Waals surface area (Å²) in [4.78, 5) is 29.0. The zero-order valence-electron chi connectivity index (χ0n) is 15.3. The van der Waals surface area contributed by atoms with Crippen molar-refractivity contribution < 1.29 is 9.53 Å². The van der Waals surface area contributed by atoms with E-state index in [9.17, 15) is 9.59 Å². The van der Waals surface area contributed by atoms with E-state index in [-0.39, 0.29) is 24.4 Å². The van der Waals surface area contributed by atoms with Crippen LogP contribution in [0.1, 0.15) is 12.1 Å². The van der Waals surface area contributed by atoms with Gasteiger partial charge in [0.2, 0.25) is 5.91 Å². The Labute approximate surface area is 169 Å². The molecular weight excluding hydrogens is 390 g/mol. The standard InChI is InChI=1S/C20H17N5O3S/c26-19(9-10-25-20(27)15-5-1-2-6-16(15)23-24-25)22-17-7-3-4-8-18(17)28-11-14-12-29-13-21-14/h1-8,12-13H,9-11H2,(H,22,26). The fraction of sp³-hybridized carbons (Fsp3) is 0.150. The molecule has 29 heavy (non-hydrogen) atoms. The van der Waals surface area contributed by atoms with Gasteiger partial charge in [-0.25, -0.2) is 9.67 Å².